The predicted octanol–water partition coefficient (Wildman–Crippen LogP) is 5.71. The van der Waals surface area contributed by atoms with Crippen molar-refractivity contribution in [3.8, 4) is 11.6 Å². The van der Waals surface area contributed by atoms with E-state index in [0.29, 0.717) is 0 Å². The summed E-state index contributed by atoms with van der Waals surface area (Å²) < 4.78 is 8.56. The molecule has 4 aromatic rings. The normalized spacial score (nSPS) is 18.1. The first-order chi connectivity index (χ1) is 14.3. The monoisotopic (exact) mass is 380 g/mol. The molecular formula is C26H24N2O. The molecule has 2 heterocycles. The lowest BCUT2D eigenvalue weighted by atomic mass is 9.83. The van der Waals surface area contributed by atoms with Crippen molar-refractivity contribution >= 4 is 0 Å². The second-order valence-corrected chi connectivity index (χ2v) is 7.68. The van der Waals surface area contributed by atoms with Crippen LogP contribution < -0.4 is 4.74 Å². The smallest absolute Gasteiger partial charge is 0.221 e. The Labute approximate surface area is 171 Å². The number of para-hydroxylation sites is 1. The molecule has 3 nitrogen and oxygen atoms in total. The molecule has 0 aliphatic carbocycles. The third-order valence-electron chi connectivity index (χ3n) is 5.70. The van der Waals surface area contributed by atoms with Crippen molar-refractivity contribution in [1.82, 2.24) is 9.78 Å². The van der Waals surface area contributed by atoms with Crippen LogP contribution in [0.1, 0.15) is 34.7 Å². The number of rotatable bonds is 4. The summed E-state index contributed by atoms with van der Waals surface area (Å²) in [7, 11) is 0. The molecule has 5 rings (SSSR count). The van der Waals surface area contributed by atoms with Crippen molar-refractivity contribution < 1.29 is 4.74 Å². The Morgan fingerprint density at radius 1 is 0.862 bits per heavy atom. The minimum absolute atomic E-state index is 0.105. The zero-order valence-corrected chi connectivity index (χ0v) is 16.5. The molecule has 2 atom stereocenters. The van der Waals surface area contributed by atoms with Gasteiger partial charge < -0.3 is 4.74 Å². The van der Waals surface area contributed by atoms with Gasteiger partial charge in [-0.3, -0.25) is 0 Å². The Kier molecular flexibility index (Phi) is 4.65. The molecule has 1 aromatic heterocycles. The Balaban J connectivity index is 1.60. The molecule has 0 N–H and O–H groups in total. The van der Waals surface area contributed by atoms with Crippen molar-refractivity contribution in [2.45, 2.75) is 31.8 Å². The van der Waals surface area contributed by atoms with E-state index in [1.54, 1.807) is 0 Å². The van der Waals surface area contributed by atoms with Crippen LogP contribution in [0, 0.1) is 6.92 Å². The number of benzene rings is 3. The lowest BCUT2D eigenvalue weighted by molar-refractivity contribution is 0.153. The fourth-order valence-electron chi connectivity index (χ4n) is 4.35. The van der Waals surface area contributed by atoms with Crippen molar-refractivity contribution in [3.05, 3.63) is 113 Å². The van der Waals surface area contributed by atoms with Crippen LogP contribution in [-0.4, -0.2) is 15.9 Å². The Morgan fingerprint density at radius 3 is 2.17 bits per heavy atom. The molecule has 3 heteroatoms. The molecule has 1 aliphatic heterocycles. The summed E-state index contributed by atoms with van der Waals surface area (Å²) in [6, 6.07) is 31.6. The first-order valence-electron chi connectivity index (χ1n) is 10.2. The van der Waals surface area contributed by atoms with Crippen LogP contribution in [0.2, 0.25) is 0 Å². The highest BCUT2D eigenvalue weighted by Gasteiger charge is 2.35. The summed E-state index contributed by atoms with van der Waals surface area (Å²) in [6.45, 7) is 2.09. The van der Waals surface area contributed by atoms with Gasteiger partial charge in [-0.15, -0.1) is 0 Å². The fraction of sp³-hybridized carbons (Fsp3) is 0.192. The minimum atomic E-state index is 0.105. The number of fused-ring (bicyclic) bond motifs is 1. The molecule has 144 valence electrons. The van der Waals surface area contributed by atoms with Gasteiger partial charge in [0.1, 0.15) is 6.10 Å². The highest BCUT2D eigenvalue weighted by atomic mass is 16.5. The van der Waals surface area contributed by atoms with Crippen molar-refractivity contribution in [2.75, 3.05) is 0 Å². The molecule has 1 aliphatic rings. The first-order valence-corrected chi connectivity index (χ1v) is 10.2. The van der Waals surface area contributed by atoms with Gasteiger partial charge in [-0.25, -0.2) is 4.68 Å². The van der Waals surface area contributed by atoms with Gasteiger partial charge in [-0.1, -0.05) is 78.9 Å². The van der Waals surface area contributed by atoms with Crippen LogP contribution in [0.25, 0.3) is 5.69 Å². The Hall–Kier alpha value is -3.33. The summed E-state index contributed by atoms with van der Waals surface area (Å²) in [6.07, 6.45) is 1.95. The Morgan fingerprint density at radius 2 is 1.48 bits per heavy atom. The van der Waals surface area contributed by atoms with E-state index in [-0.39, 0.29) is 12.0 Å². The summed E-state index contributed by atoms with van der Waals surface area (Å²) in [4.78, 5) is 0. The fourth-order valence-corrected chi connectivity index (χ4v) is 4.35. The number of hydrogen-bond acceptors (Lipinski definition) is 2. The first kappa shape index (κ1) is 17.7. The maximum absolute atomic E-state index is 6.59. The number of ether oxygens (including phenoxy) is 1. The van der Waals surface area contributed by atoms with E-state index in [4.69, 9.17) is 9.84 Å². The topological polar surface area (TPSA) is 27.1 Å². The average Bonchev–Trinajstić information content (AvgIpc) is 3.11. The molecule has 0 saturated heterocycles. The number of aryl methyl sites for hydroxylation is 1. The summed E-state index contributed by atoms with van der Waals surface area (Å²) >= 11 is 0. The molecule has 0 fully saturated rings. The van der Waals surface area contributed by atoms with Crippen LogP contribution in [0.15, 0.2) is 91.0 Å². The maximum atomic E-state index is 6.59. The second kappa shape index (κ2) is 7.59. The summed E-state index contributed by atoms with van der Waals surface area (Å²) in [5, 5.41) is 4.87. The zero-order chi connectivity index (χ0) is 19.6. The van der Waals surface area contributed by atoms with Crippen molar-refractivity contribution in [3.63, 3.8) is 0 Å². The maximum Gasteiger partial charge on any atom is 0.221 e. The lowest BCUT2D eigenvalue weighted by Crippen LogP contribution is -2.29. The van der Waals surface area contributed by atoms with E-state index in [1.165, 1.54) is 16.7 Å². The van der Waals surface area contributed by atoms with Gasteiger partial charge in [-0.05, 0) is 36.6 Å². The third kappa shape index (κ3) is 3.44. The average molecular weight is 380 g/mol. The highest BCUT2D eigenvalue weighted by Crippen LogP contribution is 2.43. The number of hydrogen-bond donors (Lipinski definition) is 0. The van der Waals surface area contributed by atoms with Crippen LogP contribution in [0.5, 0.6) is 5.88 Å². The van der Waals surface area contributed by atoms with Gasteiger partial charge in [0.25, 0.3) is 0 Å². The van der Waals surface area contributed by atoms with Crippen LogP contribution in [0.4, 0.5) is 0 Å². The van der Waals surface area contributed by atoms with Crippen LogP contribution in [-0.2, 0) is 6.42 Å². The van der Waals surface area contributed by atoms with Gasteiger partial charge in [-0.2, -0.15) is 5.10 Å². The minimum Gasteiger partial charge on any atom is -0.474 e. The summed E-state index contributed by atoms with van der Waals surface area (Å²) in [5.41, 5.74) is 5.91. The van der Waals surface area contributed by atoms with E-state index < -0.39 is 0 Å². The van der Waals surface area contributed by atoms with Gasteiger partial charge >= 0.3 is 0 Å². The number of nitrogens with zero attached hydrogens (tertiary/aromatic N) is 2. The molecule has 0 unspecified atom stereocenters. The molecular weight excluding hydrogens is 356 g/mol. The van der Waals surface area contributed by atoms with Crippen LogP contribution >= 0.6 is 0 Å². The molecule has 0 bridgehead atoms. The quantitative estimate of drug-likeness (QED) is 0.454. The SMILES string of the molecule is Cc1nn(-c2ccccc2)c2c1[C@@H](c1ccccc1)C[C@@H](Cc1ccccc1)O2. The molecule has 0 amide bonds. The summed E-state index contributed by atoms with van der Waals surface area (Å²) in [5.74, 6) is 1.17. The Bertz CT molecular complexity index is 1090. The van der Waals surface area contributed by atoms with Gasteiger partial charge in [0.15, 0.2) is 0 Å². The molecule has 29 heavy (non-hydrogen) atoms. The standard InChI is InChI=1S/C26H24N2O/c1-19-25-24(21-13-7-3-8-14-21)18-23(17-20-11-5-2-6-12-20)29-26(25)28(27-19)22-15-9-4-10-16-22/h2-16,23-24H,17-18H2,1H3/t23-,24-/m1/s1. The zero-order valence-electron chi connectivity index (χ0n) is 16.5. The van der Waals surface area contributed by atoms with E-state index in [1.807, 2.05) is 22.9 Å². The van der Waals surface area contributed by atoms with E-state index >= 15 is 0 Å². The number of aromatic nitrogens is 2. The molecule has 0 radical (unpaired) electrons. The van der Waals surface area contributed by atoms with E-state index in [0.717, 1.165) is 30.1 Å². The van der Waals surface area contributed by atoms with Crippen LogP contribution in [0.3, 0.4) is 0 Å². The third-order valence-corrected chi connectivity index (χ3v) is 5.70. The van der Waals surface area contributed by atoms with E-state index in [2.05, 4.69) is 79.7 Å². The van der Waals surface area contributed by atoms with Gasteiger partial charge in [0.2, 0.25) is 5.88 Å². The largest absolute Gasteiger partial charge is 0.474 e. The second-order valence-electron chi connectivity index (χ2n) is 7.68. The van der Waals surface area contributed by atoms with Gasteiger partial charge in [0, 0.05) is 17.9 Å². The lowest BCUT2D eigenvalue weighted by Gasteiger charge is -2.31. The van der Waals surface area contributed by atoms with E-state index in [9.17, 15) is 0 Å². The molecule has 0 saturated carbocycles. The molecule has 3 aromatic carbocycles. The van der Waals surface area contributed by atoms with Crippen molar-refractivity contribution in [2.24, 2.45) is 0 Å². The highest BCUT2D eigenvalue weighted by molar-refractivity contribution is 5.48. The van der Waals surface area contributed by atoms with Gasteiger partial charge in [0.05, 0.1) is 11.4 Å². The van der Waals surface area contributed by atoms with Crippen molar-refractivity contribution in [1.29, 1.82) is 0 Å². The molecule has 0 spiro atoms. The predicted molar refractivity (Wildman–Crippen MR) is 116 cm³/mol.